The Labute approximate surface area is 152 Å². The van der Waals surface area contributed by atoms with Crippen molar-refractivity contribution in [3.63, 3.8) is 0 Å². The van der Waals surface area contributed by atoms with Crippen LogP contribution in [0.25, 0.3) is 11.7 Å². The summed E-state index contributed by atoms with van der Waals surface area (Å²) < 4.78 is 13.1. The van der Waals surface area contributed by atoms with Crippen molar-refractivity contribution in [1.29, 1.82) is 0 Å². The number of aromatic nitrogens is 2. The van der Waals surface area contributed by atoms with Gasteiger partial charge in [-0.05, 0) is 44.5 Å². The first-order valence-electron chi connectivity index (χ1n) is 8.46. The number of nitrogens with zero attached hydrogens (tertiary/aromatic N) is 2. The SMILES string of the molecule is CC(C)(C)OC(=O)/C=C/c1ccc(OCc2ccccc2)c2nccn12. The summed E-state index contributed by atoms with van der Waals surface area (Å²) in [7, 11) is 0. The number of imidazole rings is 1. The molecule has 0 N–H and O–H groups in total. The third-order valence-electron chi connectivity index (χ3n) is 3.58. The van der Waals surface area contributed by atoms with Crippen molar-refractivity contribution in [1.82, 2.24) is 9.38 Å². The topological polar surface area (TPSA) is 52.8 Å². The van der Waals surface area contributed by atoms with E-state index in [1.54, 1.807) is 12.3 Å². The minimum atomic E-state index is -0.513. The van der Waals surface area contributed by atoms with Gasteiger partial charge in [0.15, 0.2) is 11.4 Å². The second-order valence-corrected chi connectivity index (χ2v) is 6.88. The highest BCUT2D eigenvalue weighted by Crippen LogP contribution is 2.22. The van der Waals surface area contributed by atoms with E-state index in [0.717, 1.165) is 11.3 Å². The van der Waals surface area contributed by atoms with E-state index in [1.807, 2.05) is 73.8 Å². The lowest BCUT2D eigenvalue weighted by Crippen LogP contribution is -2.22. The number of fused-ring (bicyclic) bond motifs is 1. The fourth-order valence-electron chi connectivity index (χ4n) is 2.48. The molecule has 5 heteroatoms. The molecule has 134 valence electrons. The summed E-state index contributed by atoms with van der Waals surface area (Å²) >= 11 is 0. The van der Waals surface area contributed by atoms with Crippen molar-refractivity contribution < 1.29 is 14.3 Å². The van der Waals surface area contributed by atoms with Crippen LogP contribution in [0.4, 0.5) is 0 Å². The Morgan fingerprint density at radius 2 is 1.92 bits per heavy atom. The molecule has 0 saturated carbocycles. The van der Waals surface area contributed by atoms with Crippen LogP contribution in [0.3, 0.4) is 0 Å². The highest BCUT2D eigenvalue weighted by Gasteiger charge is 2.14. The molecule has 0 aliphatic carbocycles. The summed E-state index contributed by atoms with van der Waals surface area (Å²) in [5.41, 5.74) is 2.09. The lowest BCUT2D eigenvalue weighted by molar-refractivity contribution is -0.148. The van der Waals surface area contributed by atoms with E-state index in [1.165, 1.54) is 6.08 Å². The average molecular weight is 350 g/mol. The quantitative estimate of drug-likeness (QED) is 0.509. The van der Waals surface area contributed by atoms with Gasteiger partial charge in [0.2, 0.25) is 0 Å². The number of benzene rings is 1. The van der Waals surface area contributed by atoms with E-state index in [9.17, 15) is 4.79 Å². The molecule has 0 spiro atoms. The summed E-state index contributed by atoms with van der Waals surface area (Å²) in [6, 6.07) is 13.7. The Morgan fingerprint density at radius 3 is 2.65 bits per heavy atom. The van der Waals surface area contributed by atoms with Gasteiger partial charge in [0.05, 0.1) is 0 Å². The zero-order chi connectivity index (χ0) is 18.6. The molecule has 5 nitrogen and oxygen atoms in total. The maximum Gasteiger partial charge on any atom is 0.331 e. The second kappa shape index (κ2) is 7.44. The lowest BCUT2D eigenvalue weighted by Gasteiger charge is -2.17. The van der Waals surface area contributed by atoms with Gasteiger partial charge in [0, 0.05) is 24.2 Å². The van der Waals surface area contributed by atoms with Gasteiger partial charge in [0.1, 0.15) is 12.2 Å². The van der Waals surface area contributed by atoms with Gasteiger partial charge in [-0.3, -0.25) is 4.40 Å². The van der Waals surface area contributed by atoms with Crippen LogP contribution in [0.15, 0.2) is 60.9 Å². The standard InChI is InChI=1S/C21H22N2O3/c1-21(2,3)26-19(24)12-10-17-9-11-18(20-22-13-14-23(17)20)25-15-16-7-5-4-6-8-16/h4-14H,15H2,1-3H3/b12-10+. The van der Waals surface area contributed by atoms with Crippen LogP contribution >= 0.6 is 0 Å². The predicted molar refractivity (Wildman–Crippen MR) is 101 cm³/mol. The van der Waals surface area contributed by atoms with Gasteiger partial charge in [-0.1, -0.05) is 30.3 Å². The van der Waals surface area contributed by atoms with Crippen LogP contribution in [0.1, 0.15) is 32.0 Å². The van der Waals surface area contributed by atoms with E-state index in [-0.39, 0.29) is 5.97 Å². The van der Waals surface area contributed by atoms with E-state index in [2.05, 4.69) is 4.98 Å². The number of carbonyl (C=O) groups is 1. The predicted octanol–water partition coefficient (Wildman–Crippen LogP) is 4.27. The van der Waals surface area contributed by atoms with E-state index < -0.39 is 5.60 Å². The number of ether oxygens (including phenoxy) is 2. The first-order valence-corrected chi connectivity index (χ1v) is 8.46. The summed E-state index contributed by atoms with van der Waals surface area (Å²) in [6.07, 6.45) is 6.67. The number of hydrogen-bond donors (Lipinski definition) is 0. The number of rotatable bonds is 5. The largest absolute Gasteiger partial charge is 0.485 e. The number of carbonyl (C=O) groups excluding carboxylic acids is 1. The molecule has 2 heterocycles. The third-order valence-corrected chi connectivity index (χ3v) is 3.58. The average Bonchev–Trinajstić information content (AvgIpc) is 3.08. The number of esters is 1. The minimum absolute atomic E-state index is 0.379. The Balaban J connectivity index is 1.78. The smallest absolute Gasteiger partial charge is 0.331 e. The normalized spacial score (nSPS) is 11.8. The highest BCUT2D eigenvalue weighted by atomic mass is 16.6. The van der Waals surface area contributed by atoms with Crippen molar-refractivity contribution in [2.75, 3.05) is 0 Å². The van der Waals surface area contributed by atoms with Crippen molar-refractivity contribution in [2.24, 2.45) is 0 Å². The van der Waals surface area contributed by atoms with Gasteiger partial charge in [-0.2, -0.15) is 0 Å². The molecule has 0 atom stereocenters. The summed E-state index contributed by atoms with van der Waals surface area (Å²) in [6.45, 7) is 5.99. The molecule has 0 radical (unpaired) electrons. The van der Waals surface area contributed by atoms with Crippen molar-refractivity contribution >= 4 is 17.7 Å². The lowest BCUT2D eigenvalue weighted by atomic mass is 10.2. The molecule has 2 aromatic heterocycles. The van der Waals surface area contributed by atoms with Crippen LogP contribution in [-0.4, -0.2) is 21.0 Å². The molecule has 1 aromatic carbocycles. The van der Waals surface area contributed by atoms with E-state index in [4.69, 9.17) is 9.47 Å². The third kappa shape index (κ3) is 4.51. The van der Waals surface area contributed by atoms with Crippen molar-refractivity contribution in [2.45, 2.75) is 33.0 Å². The molecule has 3 aromatic rings. The van der Waals surface area contributed by atoms with Gasteiger partial charge in [0.25, 0.3) is 0 Å². The summed E-state index contributed by atoms with van der Waals surface area (Å²) in [5, 5.41) is 0. The zero-order valence-electron chi connectivity index (χ0n) is 15.2. The molecule has 26 heavy (non-hydrogen) atoms. The molecule has 0 amide bonds. The van der Waals surface area contributed by atoms with Crippen LogP contribution < -0.4 is 4.74 Å². The molecular formula is C21H22N2O3. The zero-order valence-corrected chi connectivity index (χ0v) is 15.2. The highest BCUT2D eigenvalue weighted by molar-refractivity contribution is 5.87. The Morgan fingerprint density at radius 1 is 1.15 bits per heavy atom. The van der Waals surface area contributed by atoms with E-state index in [0.29, 0.717) is 18.0 Å². The second-order valence-electron chi connectivity index (χ2n) is 6.88. The summed E-state index contributed by atoms with van der Waals surface area (Å²) in [4.78, 5) is 16.2. The van der Waals surface area contributed by atoms with Crippen LogP contribution in [0.2, 0.25) is 0 Å². The van der Waals surface area contributed by atoms with Crippen LogP contribution in [-0.2, 0) is 16.1 Å². The molecule has 3 rings (SSSR count). The Hall–Kier alpha value is -3.08. The Bertz CT molecular complexity index is 921. The molecular weight excluding hydrogens is 328 g/mol. The fraction of sp³-hybridized carbons (Fsp3) is 0.238. The molecule has 0 unspecified atom stereocenters. The van der Waals surface area contributed by atoms with E-state index >= 15 is 0 Å². The van der Waals surface area contributed by atoms with Crippen molar-refractivity contribution in [3.8, 4) is 5.75 Å². The molecule has 0 saturated heterocycles. The van der Waals surface area contributed by atoms with Gasteiger partial charge >= 0.3 is 5.97 Å². The maximum atomic E-state index is 11.9. The first kappa shape index (κ1) is 17.7. The van der Waals surface area contributed by atoms with Crippen molar-refractivity contribution in [3.05, 3.63) is 72.2 Å². The maximum absolute atomic E-state index is 11.9. The van der Waals surface area contributed by atoms with Gasteiger partial charge in [-0.15, -0.1) is 0 Å². The van der Waals surface area contributed by atoms with Crippen LogP contribution in [0.5, 0.6) is 5.75 Å². The number of hydrogen-bond acceptors (Lipinski definition) is 4. The molecule has 0 bridgehead atoms. The monoisotopic (exact) mass is 350 g/mol. The molecule has 0 fully saturated rings. The van der Waals surface area contributed by atoms with Crippen LogP contribution in [0, 0.1) is 0 Å². The van der Waals surface area contributed by atoms with Gasteiger partial charge < -0.3 is 9.47 Å². The first-order chi connectivity index (χ1) is 12.4. The molecule has 0 aliphatic rings. The number of pyridine rings is 1. The fourth-order valence-corrected chi connectivity index (χ4v) is 2.48. The van der Waals surface area contributed by atoms with Gasteiger partial charge in [-0.25, -0.2) is 9.78 Å². The Kier molecular flexibility index (Phi) is 5.07. The summed E-state index contributed by atoms with van der Waals surface area (Å²) in [5.74, 6) is 0.309. The minimum Gasteiger partial charge on any atom is -0.485 e. The molecule has 0 aliphatic heterocycles.